The van der Waals surface area contributed by atoms with Crippen molar-refractivity contribution in [1.29, 1.82) is 0 Å². The molecular formula is C25H56N3O5PS. The van der Waals surface area contributed by atoms with Crippen molar-refractivity contribution in [2.24, 2.45) is 0 Å². The number of hydrogen-bond acceptors (Lipinski definition) is 5. The Morgan fingerprint density at radius 3 is 1.69 bits per heavy atom. The van der Waals surface area contributed by atoms with E-state index in [-0.39, 0.29) is 13.2 Å². The highest BCUT2D eigenvalue weighted by atomic mass is 32.1. The second-order valence-corrected chi connectivity index (χ2v) is 11.8. The van der Waals surface area contributed by atoms with Crippen LogP contribution < -0.4 is 10.2 Å². The third kappa shape index (κ3) is 31.7. The molecule has 0 rings (SSSR count). The summed E-state index contributed by atoms with van der Waals surface area (Å²) in [6.07, 6.45) is 19.3. The quantitative estimate of drug-likeness (QED) is 0.0848. The van der Waals surface area contributed by atoms with Gasteiger partial charge in [-0.25, -0.2) is 0 Å². The van der Waals surface area contributed by atoms with Gasteiger partial charge in [0.25, 0.3) is 7.82 Å². The van der Waals surface area contributed by atoms with Crippen molar-refractivity contribution in [3.05, 3.63) is 0 Å². The van der Waals surface area contributed by atoms with Crippen LogP contribution in [-0.2, 0) is 9.09 Å². The van der Waals surface area contributed by atoms with Crippen molar-refractivity contribution < 1.29 is 28.5 Å². The summed E-state index contributed by atoms with van der Waals surface area (Å²) in [7, 11) is 3.03. The summed E-state index contributed by atoms with van der Waals surface area (Å²) >= 11 is 5.25. The van der Waals surface area contributed by atoms with Gasteiger partial charge < -0.3 is 34.1 Å². The molecule has 0 saturated carbocycles. The summed E-state index contributed by atoms with van der Waals surface area (Å²) in [5.41, 5.74) is 0. The van der Waals surface area contributed by atoms with Crippen molar-refractivity contribution in [1.82, 2.24) is 10.2 Å². The first kappa shape index (κ1) is 36.9. The van der Waals surface area contributed by atoms with E-state index in [4.69, 9.17) is 22.2 Å². The summed E-state index contributed by atoms with van der Waals surface area (Å²) < 4.78 is 14.8. The van der Waals surface area contributed by atoms with E-state index < -0.39 is 7.82 Å². The molecule has 10 heteroatoms. The van der Waals surface area contributed by atoms with Crippen LogP contribution in [0.1, 0.15) is 96.8 Å². The summed E-state index contributed by atoms with van der Waals surface area (Å²) in [5.74, 6) is 0. The van der Waals surface area contributed by atoms with E-state index in [0.717, 1.165) is 11.7 Å². The average molecular weight is 542 g/mol. The third-order valence-electron chi connectivity index (χ3n) is 5.67. The predicted octanol–water partition coefficient (Wildman–Crippen LogP) is 4.44. The number of unbranched alkanes of at least 4 members (excludes halogenated alkanes) is 13. The monoisotopic (exact) mass is 541 g/mol. The first-order valence-corrected chi connectivity index (χ1v) is 15.4. The van der Waals surface area contributed by atoms with Crippen LogP contribution in [-0.4, -0.2) is 85.5 Å². The highest BCUT2D eigenvalue weighted by molar-refractivity contribution is 7.80. The molecule has 0 bridgehead atoms. The average Bonchev–Trinajstić information content (AvgIpc) is 2.76. The van der Waals surface area contributed by atoms with Crippen LogP contribution in [0.25, 0.3) is 0 Å². The molecule has 0 saturated heterocycles. The second kappa shape index (κ2) is 24.1. The number of phosphoric ester groups is 1. The molecular weight excluding hydrogens is 485 g/mol. The fourth-order valence-corrected chi connectivity index (χ4v) is 4.02. The first-order valence-electron chi connectivity index (χ1n) is 13.5. The van der Waals surface area contributed by atoms with Crippen molar-refractivity contribution in [2.75, 3.05) is 61.0 Å². The van der Waals surface area contributed by atoms with Crippen LogP contribution in [0.4, 0.5) is 0 Å². The fourth-order valence-electron chi connectivity index (χ4n) is 3.52. The highest BCUT2D eigenvalue weighted by Crippen LogP contribution is 2.29. The number of thiocarbonyl (C=S) groups is 1. The SMILES string of the molecule is CCCCCCCCCCCCCCCCN(CCO)C(=S)NC.C[N+](C)(C)CCOP(=O)([O-])O. The number of nitrogens with zero attached hydrogens (tertiary/aromatic N) is 2. The zero-order chi connectivity index (χ0) is 27.0. The molecule has 0 amide bonds. The minimum Gasteiger partial charge on any atom is -0.756 e. The molecule has 0 fully saturated rings. The van der Waals surface area contributed by atoms with Gasteiger partial charge >= 0.3 is 0 Å². The molecule has 1 atom stereocenters. The lowest BCUT2D eigenvalue weighted by atomic mass is 10.0. The molecule has 0 aromatic carbocycles. The molecule has 0 heterocycles. The molecule has 1 unspecified atom stereocenters. The van der Waals surface area contributed by atoms with Gasteiger partial charge in [0, 0.05) is 20.1 Å². The number of nitrogens with one attached hydrogen (secondary N) is 1. The normalized spacial score (nSPS) is 13.0. The van der Waals surface area contributed by atoms with Crippen LogP contribution in [0.2, 0.25) is 0 Å². The Hall–Kier alpha value is -0.280. The maximum atomic E-state index is 10.1. The zero-order valence-electron chi connectivity index (χ0n) is 23.3. The molecule has 35 heavy (non-hydrogen) atoms. The van der Waals surface area contributed by atoms with Gasteiger partial charge in [0.15, 0.2) is 5.11 Å². The van der Waals surface area contributed by atoms with Crippen molar-refractivity contribution in [3.8, 4) is 0 Å². The number of aliphatic hydroxyl groups excluding tert-OH is 1. The Morgan fingerprint density at radius 1 is 0.914 bits per heavy atom. The van der Waals surface area contributed by atoms with E-state index >= 15 is 0 Å². The lowest BCUT2D eigenvalue weighted by molar-refractivity contribution is -0.870. The Bertz CT molecular complexity index is 530. The topological polar surface area (TPSA) is 105 Å². The van der Waals surface area contributed by atoms with E-state index in [0.29, 0.717) is 17.6 Å². The lowest BCUT2D eigenvalue weighted by Crippen LogP contribution is -2.40. The Kier molecular flexibility index (Phi) is 25.4. The first-order chi connectivity index (χ1) is 16.5. The van der Waals surface area contributed by atoms with Crippen LogP contribution in [0.3, 0.4) is 0 Å². The molecule has 3 N–H and O–H groups in total. The Labute approximate surface area is 221 Å². The summed E-state index contributed by atoms with van der Waals surface area (Å²) in [4.78, 5) is 20.3. The van der Waals surface area contributed by atoms with Crippen molar-refractivity contribution >= 4 is 25.2 Å². The third-order valence-corrected chi connectivity index (χ3v) is 6.64. The van der Waals surface area contributed by atoms with E-state index in [1.165, 1.54) is 89.9 Å². The number of likely N-dealkylation sites (N-methyl/N-ethyl adjacent to an activating group) is 1. The lowest BCUT2D eigenvalue weighted by Gasteiger charge is -2.25. The Morgan fingerprint density at radius 2 is 1.34 bits per heavy atom. The fraction of sp³-hybridized carbons (Fsp3) is 0.960. The molecule has 0 aromatic rings. The largest absolute Gasteiger partial charge is 0.756 e. The number of hydrogen-bond donors (Lipinski definition) is 3. The molecule has 8 nitrogen and oxygen atoms in total. The van der Waals surface area contributed by atoms with Gasteiger partial charge in [-0.3, -0.25) is 4.57 Å². The van der Waals surface area contributed by atoms with Gasteiger partial charge in [-0.2, -0.15) is 0 Å². The van der Waals surface area contributed by atoms with Crippen LogP contribution in [0.15, 0.2) is 0 Å². The number of quaternary nitrogens is 1. The summed E-state index contributed by atoms with van der Waals surface area (Å²) in [5, 5.41) is 12.8. The second-order valence-electron chi connectivity index (χ2n) is 10.2. The number of aliphatic hydroxyl groups is 1. The van der Waals surface area contributed by atoms with Crippen molar-refractivity contribution in [2.45, 2.75) is 96.8 Å². The van der Waals surface area contributed by atoms with Crippen molar-refractivity contribution in [3.63, 3.8) is 0 Å². The molecule has 0 spiro atoms. The van der Waals surface area contributed by atoms with Gasteiger partial charge in [0.1, 0.15) is 13.2 Å². The minimum absolute atomic E-state index is 0.0147. The van der Waals surface area contributed by atoms with E-state index in [9.17, 15) is 9.46 Å². The van der Waals surface area contributed by atoms with Crippen LogP contribution in [0, 0.1) is 0 Å². The van der Waals surface area contributed by atoms with Crippen LogP contribution >= 0.6 is 20.0 Å². The molecule has 0 aliphatic heterocycles. The molecule has 0 aliphatic rings. The minimum atomic E-state index is -4.51. The van der Waals surface area contributed by atoms with Gasteiger partial charge in [-0.05, 0) is 18.6 Å². The molecule has 0 aromatic heterocycles. The van der Waals surface area contributed by atoms with Gasteiger partial charge in [-0.1, -0.05) is 90.4 Å². The van der Waals surface area contributed by atoms with Gasteiger partial charge in [0.05, 0.1) is 27.7 Å². The van der Waals surface area contributed by atoms with Gasteiger partial charge in [0.2, 0.25) is 0 Å². The van der Waals surface area contributed by atoms with E-state index in [2.05, 4.69) is 21.7 Å². The van der Waals surface area contributed by atoms with Gasteiger partial charge in [-0.15, -0.1) is 0 Å². The standard InChI is InChI=1S/C20H42N2OS.C5H14NO4P/c1-3-4-5-6-7-8-9-10-11-12-13-14-15-16-17-22(18-19-23)20(24)21-2;1-6(2,3)4-5-10-11(7,8)9/h23H,3-19H2,1-2H3,(H,21,24);4-5H2,1-3H3,(H-,7,8,9). The Balaban J connectivity index is 0. The number of phosphoric acid groups is 1. The summed E-state index contributed by atoms with van der Waals surface area (Å²) in [6, 6.07) is 0. The molecule has 212 valence electrons. The maximum Gasteiger partial charge on any atom is 0.265 e. The highest BCUT2D eigenvalue weighted by Gasteiger charge is 2.09. The van der Waals surface area contributed by atoms with E-state index in [1.54, 1.807) is 0 Å². The molecule has 0 radical (unpaired) electrons. The number of rotatable bonds is 21. The maximum absolute atomic E-state index is 10.1. The van der Waals surface area contributed by atoms with Crippen LogP contribution in [0.5, 0.6) is 0 Å². The zero-order valence-corrected chi connectivity index (χ0v) is 25.0. The predicted molar refractivity (Wildman–Crippen MR) is 149 cm³/mol. The molecule has 0 aliphatic carbocycles. The van der Waals surface area contributed by atoms with E-state index in [1.807, 2.05) is 28.2 Å². The smallest absolute Gasteiger partial charge is 0.265 e. The summed E-state index contributed by atoms with van der Waals surface area (Å²) in [6.45, 7) is 4.59.